The number of rotatable bonds is 8. The van der Waals surface area contributed by atoms with E-state index in [1.54, 1.807) is 31.2 Å². The Kier molecular flexibility index (Phi) is 6.92. The summed E-state index contributed by atoms with van der Waals surface area (Å²) in [6, 6.07) is 24.0. The van der Waals surface area contributed by atoms with Crippen LogP contribution >= 0.6 is 0 Å². The quantitative estimate of drug-likeness (QED) is 0.521. The van der Waals surface area contributed by atoms with E-state index in [4.69, 9.17) is 9.84 Å². The molecule has 0 aliphatic heterocycles. The minimum absolute atomic E-state index is 0.00507. The highest BCUT2D eigenvalue weighted by molar-refractivity contribution is 5.98. The molecular weight excluding hydrogens is 432 g/mol. The van der Waals surface area contributed by atoms with Crippen LogP contribution in [0.15, 0.2) is 78.9 Å². The molecular formula is C27H26N2O5. The largest absolute Gasteiger partial charge is 0.481 e. The molecule has 1 aliphatic rings. The van der Waals surface area contributed by atoms with Crippen molar-refractivity contribution in [2.75, 3.05) is 18.1 Å². The molecule has 0 spiro atoms. The SMILES string of the molecule is CC(NC(=O)OCC1c2ccccc2-c2ccccc21)C(=O)N(CCC(=O)O)c1ccccc1. The third kappa shape index (κ3) is 4.93. The van der Waals surface area contributed by atoms with Crippen LogP contribution in [0.25, 0.3) is 11.1 Å². The fourth-order valence-electron chi connectivity index (χ4n) is 4.29. The van der Waals surface area contributed by atoms with Crippen molar-refractivity contribution in [2.24, 2.45) is 0 Å². The monoisotopic (exact) mass is 458 g/mol. The van der Waals surface area contributed by atoms with Crippen LogP contribution in [0.3, 0.4) is 0 Å². The van der Waals surface area contributed by atoms with Crippen LogP contribution in [-0.4, -0.2) is 42.3 Å². The molecule has 0 fully saturated rings. The minimum Gasteiger partial charge on any atom is -0.481 e. The number of carbonyl (C=O) groups excluding carboxylic acids is 2. The van der Waals surface area contributed by atoms with Crippen molar-refractivity contribution < 1.29 is 24.2 Å². The van der Waals surface area contributed by atoms with Crippen molar-refractivity contribution in [1.82, 2.24) is 5.32 Å². The number of fused-ring (bicyclic) bond motifs is 3. The maximum Gasteiger partial charge on any atom is 0.407 e. The molecule has 4 rings (SSSR count). The Hall–Kier alpha value is -4.13. The number of benzene rings is 3. The maximum atomic E-state index is 13.0. The second-order valence-corrected chi connectivity index (χ2v) is 8.16. The number of alkyl carbamates (subject to hydrolysis) is 1. The van der Waals surface area contributed by atoms with E-state index in [1.807, 2.05) is 42.5 Å². The van der Waals surface area contributed by atoms with Gasteiger partial charge in [-0.25, -0.2) is 4.79 Å². The summed E-state index contributed by atoms with van der Waals surface area (Å²) in [5.74, 6) is -1.51. The van der Waals surface area contributed by atoms with Crippen molar-refractivity contribution in [3.8, 4) is 11.1 Å². The van der Waals surface area contributed by atoms with Gasteiger partial charge in [0.2, 0.25) is 5.91 Å². The lowest BCUT2D eigenvalue weighted by molar-refractivity contribution is -0.136. The van der Waals surface area contributed by atoms with Crippen molar-refractivity contribution in [1.29, 1.82) is 0 Å². The summed E-state index contributed by atoms with van der Waals surface area (Å²) in [5, 5.41) is 11.7. The van der Waals surface area contributed by atoms with E-state index >= 15 is 0 Å². The first-order valence-electron chi connectivity index (χ1n) is 11.2. The molecule has 2 amide bonds. The average molecular weight is 459 g/mol. The molecule has 3 aromatic rings. The predicted octanol–water partition coefficient (Wildman–Crippen LogP) is 4.42. The lowest BCUT2D eigenvalue weighted by Crippen LogP contribution is -2.48. The predicted molar refractivity (Wildman–Crippen MR) is 129 cm³/mol. The standard InChI is InChI=1S/C27H26N2O5/c1-18(26(32)29(16-15-25(30)31)19-9-3-2-4-10-19)28-27(33)34-17-24-22-13-7-5-11-20(22)21-12-6-8-14-23(21)24/h2-14,18,24H,15-17H2,1H3,(H,28,33)(H,30,31). The molecule has 174 valence electrons. The molecule has 1 atom stereocenters. The van der Waals surface area contributed by atoms with E-state index in [0.717, 1.165) is 22.3 Å². The Balaban J connectivity index is 1.41. The molecule has 0 aromatic heterocycles. The van der Waals surface area contributed by atoms with Gasteiger partial charge in [-0.2, -0.15) is 0 Å². The second-order valence-electron chi connectivity index (χ2n) is 8.16. The summed E-state index contributed by atoms with van der Waals surface area (Å²) in [4.78, 5) is 38.0. The molecule has 34 heavy (non-hydrogen) atoms. The number of aliphatic carboxylic acids is 1. The number of para-hydroxylation sites is 1. The molecule has 0 heterocycles. The molecule has 1 unspecified atom stereocenters. The van der Waals surface area contributed by atoms with Crippen LogP contribution in [0, 0.1) is 0 Å². The summed E-state index contributed by atoms with van der Waals surface area (Å²) in [6.45, 7) is 1.69. The number of hydrogen-bond donors (Lipinski definition) is 2. The fraction of sp³-hybridized carbons (Fsp3) is 0.222. The lowest BCUT2D eigenvalue weighted by atomic mass is 9.98. The van der Waals surface area contributed by atoms with Gasteiger partial charge in [-0.15, -0.1) is 0 Å². The number of carboxylic acids is 1. The van der Waals surface area contributed by atoms with Crippen LogP contribution in [0.4, 0.5) is 10.5 Å². The number of nitrogens with one attached hydrogen (secondary N) is 1. The number of ether oxygens (including phenoxy) is 1. The first-order chi connectivity index (χ1) is 16.5. The number of anilines is 1. The molecule has 3 aromatic carbocycles. The molecule has 2 N–H and O–H groups in total. The first kappa shape index (κ1) is 23.0. The number of nitrogens with zero attached hydrogens (tertiary/aromatic N) is 1. The van der Waals surface area contributed by atoms with Crippen LogP contribution in [0.1, 0.15) is 30.4 Å². The lowest BCUT2D eigenvalue weighted by Gasteiger charge is -2.26. The Labute approximate surface area is 198 Å². The average Bonchev–Trinajstić information content (AvgIpc) is 3.17. The summed E-state index contributed by atoms with van der Waals surface area (Å²) < 4.78 is 5.53. The molecule has 0 saturated heterocycles. The van der Waals surface area contributed by atoms with E-state index in [-0.39, 0.29) is 25.5 Å². The molecule has 7 heteroatoms. The van der Waals surface area contributed by atoms with Crippen molar-refractivity contribution in [2.45, 2.75) is 25.3 Å². The van der Waals surface area contributed by atoms with Crippen molar-refractivity contribution >= 4 is 23.7 Å². The number of carboxylic acid groups (broad SMARTS) is 1. The Morgan fingerprint density at radius 2 is 1.47 bits per heavy atom. The molecule has 0 radical (unpaired) electrons. The smallest absolute Gasteiger partial charge is 0.407 e. The van der Waals surface area contributed by atoms with E-state index in [1.165, 1.54) is 4.90 Å². The fourth-order valence-corrected chi connectivity index (χ4v) is 4.29. The topological polar surface area (TPSA) is 95.9 Å². The van der Waals surface area contributed by atoms with Gasteiger partial charge >= 0.3 is 12.1 Å². The number of amides is 2. The highest BCUT2D eigenvalue weighted by Gasteiger charge is 2.30. The molecule has 7 nitrogen and oxygen atoms in total. The van der Waals surface area contributed by atoms with Crippen LogP contribution in [-0.2, 0) is 14.3 Å². The van der Waals surface area contributed by atoms with Gasteiger partial charge in [0.05, 0.1) is 6.42 Å². The Morgan fingerprint density at radius 1 is 0.912 bits per heavy atom. The van der Waals surface area contributed by atoms with E-state index in [2.05, 4.69) is 17.4 Å². The van der Waals surface area contributed by atoms with Gasteiger partial charge in [0.1, 0.15) is 12.6 Å². The summed E-state index contributed by atoms with van der Waals surface area (Å²) in [6.07, 6.45) is -0.910. The second kappa shape index (κ2) is 10.2. The van der Waals surface area contributed by atoms with Gasteiger partial charge in [0.15, 0.2) is 0 Å². The third-order valence-corrected chi connectivity index (χ3v) is 5.93. The van der Waals surface area contributed by atoms with E-state index in [9.17, 15) is 14.4 Å². The van der Waals surface area contributed by atoms with Crippen molar-refractivity contribution in [3.63, 3.8) is 0 Å². The zero-order valence-corrected chi connectivity index (χ0v) is 18.8. The summed E-state index contributed by atoms with van der Waals surface area (Å²) in [5.41, 5.74) is 5.03. The van der Waals surface area contributed by atoms with Crippen LogP contribution in [0.5, 0.6) is 0 Å². The van der Waals surface area contributed by atoms with E-state index < -0.39 is 24.0 Å². The van der Waals surface area contributed by atoms with Gasteiger partial charge in [0, 0.05) is 18.2 Å². The van der Waals surface area contributed by atoms with Crippen LogP contribution < -0.4 is 10.2 Å². The van der Waals surface area contributed by atoms with Gasteiger partial charge in [-0.1, -0.05) is 66.7 Å². The minimum atomic E-state index is -1.01. The highest BCUT2D eigenvalue weighted by Crippen LogP contribution is 2.44. The summed E-state index contributed by atoms with van der Waals surface area (Å²) >= 11 is 0. The zero-order valence-electron chi connectivity index (χ0n) is 18.8. The summed E-state index contributed by atoms with van der Waals surface area (Å²) in [7, 11) is 0. The van der Waals surface area contributed by atoms with Gasteiger partial charge in [-0.05, 0) is 41.3 Å². The molecule has 1 aliphatic carbocycles. The van der Waals surface area contributed by atoms with Gasteiger partial charge in [-0.3, -0.25) is 9.59 Å². The Morgan fingerprint density at radius 3 is 2.06 bits per heavy atom. The third-order valence-electron chi connectivity index (χ3n) is 5.93. The highest BCUT2D eigenvalue weighted by atomic mass is 16.5. The van der Waals surface area contributed by atoms with Crippen LogP contribution in [0.2, 0.25) is 0 Å². The van der Waals surface area contributed by atoms with Gasteiger partial charge in [0.25, 0.3) is 0 Å². The van der Waals surface area contributed by atoms with E-state index in [0.29, 0.717) is 5.69 Å². The number of hydrogen-bond acceptors (Lipinski definition) is 4. The molecule has 0 saturated carbocycles. The maximum absolute atomic E-state index is 13.0. The Bertz CT molecular complexity index is 1150. The molecule has 0 bridgehead atoms. The number of carbonyl (C=O) groups is 3. The zero-order chi connectivity index (χ0) is 24.1. The van der Waals surface area contributed by atoms with Crippen molar-refractivity contribution in [3.05, 3.63) is 90.0 Å². The van der Waals surface area contributed by atoms with Gasteiger partial charge < -0.3 is 20.1 Å². The normalized spacial score (nSPS) is 12.9. The first-order valence-corrected chi connectivity index (χ1v) is 11.2.